The first-order chi connectivity index (χ1) is 8.26. The Kier molecular flexibility index (Phi) is 7.01. The first-order valence-electron chi connectivity index (χ1n) is 6.91. The Morgan fingerprint density at radius 3 is 2.94 bits per heavy atom. The number of amides is 1. The van der Waals surface area contributed by atoms with E-state index in [4.69, 9.17) is 4.74 Å². The minimum atomic E-state index is -0.270. The summed E-state index contributed by atoms with van der Waals surface area (Å²) in [6.07, 6.45) is 5.80. The lowest BCUT2D eigenvalue weighted by molar-refractivity contribution is 0.133. The number of carbonyl (C=O) groups excluding carboxylic acids is 1. The molecule has 1 amide bonds. The van der Waals surface area contributed by atoms with Gasteiger partial charge in [0, 0.05) is 12.6 Å². The summed E-state index contributed by atoms with van der Waals surface area (Å²) < 4.78 is 4.91. The van der Waals surface area contributed by atoms with Crippen LogP contribution in [0.3, 0.4) is 0 Å². The summed E-state index contributed by atoms with van der Waals surface area (Å²) in [7, 11) is 0. The van der Waals surface area contributed by atoms with E-state index >= 15 is 0 Å². The summed E-state index contributed by atoms with van der Waals surface area (Å²) in [6.45, 7) is 7.81. The lowest BCUT2D eigenvalue weighted by Crippen LogP contribution is -2.48. The standard InChI is InChI=1S/C13H26N2O2/c1-3-5-6-9-15-10-7-8-12(11-15)14-13(16)17-4-2/h12H,3-11H2,1-2H3,(H,14,16). The van der Waals surface area contributed by atoms with Crippen LogP contribution < -0.4 is 5.32 Å². The number of unbranched alkanes of at least 4 members (excludes halogenated alkanes) is 2. The number of likely N-dealkylation sites (tertiary alicyclic amines) is 1. The van der Waals surface area contributed by atoms with Crippen LogP contribution in [0.25, 0.3) is 0 Å². The third kappa shape index (κ3) is 5.91. The molecule has 4 nitrogen and oxygen atoms in total. The highest BCUT2D eigenvalue weighted by molar-refractivity contribution is 5.67. The maximum absolute atomic E-state index is 11.3. The van der Waals surface area contributed by atoms with Gasteiger partial charge >= 0.3 is 6.09 Å². The van der Waals surface area contributed by atoms with E-state index in [0.29, 0.717) is 6.61 Å². The van der Waals surface area contributed by atoms with E-state index in [-0.39, 0.29) is 12.1 Å². The predicted octanol–water partition coefficient (Wildman–Crippen LogP) is 2.39. The molecule has 1 N–H and O–H groups in total. The van der Waals surface area contributed by atoms with E-state index in [2.05, 4.69) is 17.1 Å². The van der Waals surface area contributed by atoms with Crippen molar-refractivity contribution in [1.82, 2.24) is 10.2 Å². The van der Waals surface area contributed by atoms with Gasteiger partial charge in [0.2, 0.25) is 0 Å². The Bertz CT molecular complexity index is 221. The third-order valence-electron chi connectivity index (χ3n) is 3.18. The lowest BCUT2D eigenvalue weighted by Gasteiger charge is -2.32. The molecule has 0 saturated carbocycles. The zero-order valence-electron chi connectivity index (χ0n) is 11.2. The van der Waals surface area contributed by atoms with E-state index in [1.54, 1.807) is 0 Å². The van der Waals surface area contributed by atoms with Gasteiger partial charge in [0.25, 0.3) is 0 Å². The number of hydrogen-bond donors (Lipinski definition) is 1. The number of nitrogens with one attached hydrogen (secondary N) is 1. The van der Waals surface area contributed by atoms with Crippen LogP contribution in [0.15, 0.2) is 0 Å². The van der Waals surface area contributed by atoms with Crippen LogP contribution in [0.2, 0.25) is 0 Å². The predicted molar refractivity (Wildman–Crippen MR) is 69.1 cm³/mol. The van der Waals surface area contributed by atoms with Gasteiger partial charge in [0.05, 0.1) is 6.61 Å². The first kappa shape index (κ1) is 14.3. The molecule has 1 unspecified atom stereocenters. The molecule has 1 aliphatic heterocycles. The minimum absolute atomic E-state index is 0.268. The second-order valence-electron chi connectivity index (χ2n) is 4.71. The molecule has 17 heavy (non-hydrogen) atoms. The molecule has 0 aromatic heterocycles. The molecule has 0 radical (unpaired) electrons. The highest BCUT2D eigenvalue weighted by Gasteiger charge is 2.21. The SMILES string of the molecule is CCCCCN1CCCC(NC(=O)OCC)C1. The molecule has 0 aliphatic carbocycles. The molecule has 0 spiro atoms. The molecular formula is C13H26N2O2. The number of ether oxygens (including phenoxy) is 1. The summed E-state index contributed by atoms with van der Waals surface area (Å²) >= 11 is 0. The zero-order chi connectivity index (χ0) is 12.5. The van der Waals surface area contributed by atoms with Gasteiger partial charge in [-0.15, -0.1) is 0 Å². The first-order valence-corrected chi connectivity index (χ1v) is 6.91. The largest absolute Gasteiger partial charge is 0.450 e. The van der Waals surface area contributed by atoms with E-state index in [9.17, 15) is 4.79 Å². The van der Waals surface area contributed by atoms with Crippen molar-refractivity contribution in [2.45, 2.75) is 52.0 Å². The van der Waals surface area contributed by atoms with Gasteiger partial charge < -0.3 is 15.0 Å². The summed E-state index contributed by atoms with van der Waals surface area (Å²) in [6, 6.07) is 0.268. The molecule has 1 heterocycles. The van der Waals surface area contributed by atoms with Crippen molar-refractivity contribution >= 4 is 6.09 Å². The monoisotopic (exact) mass is 242 g/mol. The van der Waals surface area contributed by atoms with Crippen molar-refractivity contribution < 1.29 is 9.53 Å². The highest BCUT2D eigenvalue weighted by atomic mass is 16.5. The van der Waals surface area contributed by atoms with Gasteiger partial charge in [-0.05, 0) is 39.3 Å². The fourth-order valence-electron chi connectivity index (χ4n) is 2.30. The molecule has 0 aromatic carbocycles. The number of alkyl carbamates (subject to hydrolysis) is 1. The Morgan fingerprint density at radius 1 is 1.41 bits per heavy atom. The molecule has 1 rings (SSSR count). The van der Waals surface area contributed by atoms with Crippen molar-refractivity contribution in [2.75, 3.05) is 26.2 Å². The van der Waals surface area contributed by atoms with Gasteiger partial charge in [-0.3, -0.25) is 0 Å². The Labute approximate surface area is 105 Å². The van der Waals surface area contributed by atoms with Crippen molar-refractivity contribution in [1.29, 1.82) is 0 Å². The number of hydrogen-bond acceptors (Lipinski definition) is 3. The van der Waals surface area contributed by atoms with Crippen LogP contribution in [0.1, 0.15) is 46.0 Å². The van der Waals surface area contributed by atoms with Crippen LogP contribution in [-0.4, -0.2) is 43.3 Å². The lowest BCUT2D eigenvalue weighted by atomic mass is 10.1. The van der Waals surface area contributed by atoms with Crippen molar-refractivity contribution in [3.05, 3.63) is 0 Å². The minimum Gasteiger partial charge on any atom is -0.450 e. The summed E-state index contributed by atoms with van der Waals surface area (Å²) in [5, 5.41) is 2.94. The molecule has 1 fully saturated rings. The molecule has 100 valence electrons. The average Bonchev–Trinajstić information content (AvgIpc) is 2.30. The maximum atomic E-state index is 11.3. The van der Waals surface area contributed by atoms with Gasteiger partial charge in [-0.1, -0.05) is 19.8 Å². The normalized spacial score (nSPS) is 21.2. The fourth-order valence-corrected chi connectivity index (χ4v) is 2.30. The van der Waals surface area contributed by atoms with Crippen molar-refractivity contribution in [3.63, 3.8) is 0 Å². The Hall–Kier alpha value is -0.770. The third-order valence-corrected chi connectivity index (χ3v) is 3.18. The van der Waals surface area contributed by atoms with Gasteiger partial charge in [-0.25, -0.2) is 4.79 Å². The summed E-state index contributed by atoms with van der Waals surface area (Å²) in [5.74, 6) is 0. The van der Waals surface area contributed by atoms with Crippen LogP contribution in [0.5, 0.6) is 0 Å². The molecule has 0 aromatic rings. The van der Waals surface area contributed by atoms with Gasteiger partial charge in [0.1, 0.15) is 0 Å². The van der Waals surface area contributed by atoms with E-state index < -0.39 is 0 Å². The van der Waals surface area contributed by atoms with E-state index in [0.717, 1.165) is 19.5 Å². The molecular weight excluding hydrogens is 216 g/mol. The van der Waals surface area contributed by atoms with Crippen molar-refractivity contribution in [2.24, 2.45) is 0 Å². The molecule has 1 aliphatic rings. The Balaban J connectivity index is 2.21. The summed E-state index contributed by atoms with van der Waals surface area (Å²) in [5.41, 5.74) is 0. The van der Waals surface area contributed by atoms with E-state index in [1.165, 1.54) is 32.2 Å². The van der Waals surface area contributed by atoms with Crippen LogP contribution in [-0.2, 0) is 4.74 Å². The second kappa shape index (κ2) is 8.34. The van der Waals surface area contributed by atoms with Crippen molar-refractivity contribution in [3.8, 4) is 0 Å². The van der Waals surface area contributed by atoms with Crippen LogP contribution >= 0.6 is 0 Å². The Morgan fingerprint density at radius 2 is 2.24 bits per heavy atom. The smallest absolute Gasteiger partial charge is 0.407 e. The highest BCUT2D eigenvalue weighted by Crippen LogP contribution is 2.11. The van der Waals surface area contributed by atoms with Crippen LogP contribution in [0.4, 0.5) is 4.79 Å². The quantitative estimate of drug-likeness (QED) is 0.727. The van der Waals surface area contributed by atoms with Crippen LogP contribution in [0, 0.1) is 0 Å². The van der Waals surface area contributed by atoms with Gasteiger partial charge in [0.15, 0.2) is 0 Å². The molecule has 1 saturated heterocycles. The second-order valence-corrected chi connectivity index (χ2v) is 4.71. The molecule has 1 atom stereocenters. The zero-order valence-corrected chi connectivity index (χ0v) is 11.2. The number of rotatable bonds is 6. The number of carbonyl (C=O) groups is 1. The van der Waals surface area contributed by atoms with Gasteiger partial charge in [-0.2, -0.15) is 0 Å². The maximum Gasteiger partial charge on any atom is 0.407 e. The number of piperidine rings is 1. The molecule has 0 bridgehead atoms. The summed E-state index contributed by atoms with van der Waals surface area (Å²) in [4.78, 5) is 13.8. The fraction of sp³-hybridized carbons (Fsp3) is 0.923. The van der Waals surface area contributed by atoms with E-state index in [1.807, 2.05) is 6.92 Å². The average molecular weight is 242 g/mol. The molecule has 4 heteroatoms. The number of nitrogens with zero attached hydrogens (tertiary/aromatic N) is 1. The topological polar surface area (TPSA) is 41.6 Å².